The van der Waals surface area contributed by atoms with E-state index in [0.717, 1.165) is 16.7 Å². The van der Waals surface area contributed by atoms with Gasteiger partial charge in [-0.15, -0.1) is 0 Å². The molecule has 1 atom stereocenters. The number of carbonyl (C=O) groups is 2. The van der Waals surface area contributed by atoms with Crippen molar-refractivity contribution in [3.63, 3.8) is 0 Å². The number of hydrogen-bond donors (Lipinski definition) is 3. The van der Waals surface area contributed by atoms with Crippen molar-refractivity contribution in [1.29, 1.82) is 0 Å². The van der Waals surface area contributed by atoms with Gasteiger partial charge in [-0.1, -0.05) is 36.4 Å². The molecule has 2 amide bonds. The van der Waals surface area contributed by atoms with Crippen LogP contribution in [0.1, 0.15) is 50.4 Å². The Balaban J connectivity index is 1.64. The highest BCUT2D eigenvalue weighted by molar-refractivity contribution is 5.99. The summed E-state index contributed by atoms with van der Waals surface area (Å²) < 4.78 is 1.63. The lowest BCUT2D eigenvalue weighted by Crippen LogP contribution is -2.26. The van der Waals surface area contributed by atoms with Gasteiger partial charge >= 0.3 is 0 Å². The number of carbonyl (C=O) groups excluding carboxylic acids is 2. The van der Waals surface area contributed by atoms with Gasteiger partial charge in [-0.25, -0.2) is 15.0 Å². The van der Waals surface area contributed by atoms with E-state index in [1.54, 1.807) is 22.8 Å². The first-order chi connectivity index (χ1) is 16.4. The molecule has 4 aromatic rings. The molecule has 174 valence electrons. The van der Waals surface area contributed by atoms with Crippen molar-refractivity contribution in [2.24, 2.45) is 0 Å². The molecule has 0 aliphatic heterocycles. The molecular weight excluding hydrogens is 432 g/mol. The molecule has 9 nitrogen and oxygen atoms in total. The zero-order valence-corrected chi connectivity index (χ0v) is 19.4. The Kier molecular flexibility index (Phi) is 6.55. The summed E-state index contributed by atoms with van der Waals surface area (Å²) in [4.78, 5) is 34.3. The van der Waals surface area contributed by atoms with Crippen molar-refractivity contribution >= 4 is 28.8 Å². The van der Waals surface area contributed by atoms with Crippen molar-refractivity contribution in [2.45, 2.75) is 26.8 Å². The van der Waals surface area contributed by atoms with E-state index >= 15 is 0 Å². The zero-order valence-electron chi connectivity index (χ0n) is 19.4. The smallest absolute Gasteiger partial charge is 0.274 e. The van der Waals surface area contributed by atoms with Gasteiger partial charge in [0.1, 0.15) is 11.8 Å². The fourth-order valence-corrected chi connectivity index (χ4v) is 3.76. The van der Waals surface area contributed by atoms with Crippen LogP contribution >= 0.6 is 0 Å². The molecule has 0 spiro atoms. The highest BCUT2D eigenvalue weighted by atomic mass is 16.6. The Hall–Kier alpha value is -4.24. The maximum Gasteiger partial charge on any atom is 0.274 e. The van der Waals surface area contributed by atoms with E-state index in [-0.39, 0.29) is 17.9 Å². The Labute approximate surface area is 197 Å². The van der Waals surface area contributed by atoms with Crippen molar-refractivity contribution in [3.8, 4) is 0 Å². The normalized spacial score (nSPS) is 11.8. The number of hydrogen-bond acceptors (Lipinski definition) is 6. The van der Waals surface area contributed by atoms with Gasteiger partial charge in [0.2, 0.25) is 0 Å². The molecule has 2 aromatic heterocycles. The molecule has 9 heteroatoms. The first kappa shape index (κ1) is 22.9. The maximum atomic E-state index is 13.1. The van der Waals surface area contributed by atoms with Crippen LogP contribution in [0.2, 0.25) is 0 Å². The molecule has 0 saturated heterocycles. The number of rotatable bonds is 7. The summed E-state index contributed by atoms with van der Waals surface area (Å²) in [7, 11) is 1.38. The lowest BCUT2D eigenvalue weighted by Gasteiger charge is -2.14. The number of aromatic nitrogens is 3. The Morgan fingerprint density at radius 2 is 1.82 bits per heavy atom. The molecule has 2 heterocycles. The number of nitrogens with one attached hydrogen (secondary N) is 3. The van der Waals surface area contributed by atoms with Gasteiger partial charge in [0.05, 0.1) is 18.7 Å². The third kappa shape index (κ3) is 4.60. The van der Waals surface area contributed by atoms with E-state index < -0.39 is 0 Å². The van der Waals surface area contributed by atoms with Crippen molar-refractivity contribution in [2.75, 3.05) is 12.4 Å². The number of hydroxylamine groups is 1. The zero-order chi connectivity index (χ0) is 24.2. The van der Waals surface area contributed by atoms with Gasteiger partial charge in [0.25, 0.3) is 11.8 Å². The molecule has 0 radical (unpaired) electrons. The van der Waals surface area contributed by atoms with Crippen molar-refractivity contribution < 1.29 is 14.4 Å². The summed E-state index contributed by atoms with van der Waals surface area (Å²) in [6.45, 7) is 5.73. The van der Waals surface area contributed by atoms with Gasteiger partial charge in [0.15, 0.2) is 5.82 Å². The summed E-state index contributed by atoms with van der Waals surface area (Å²) >= 11 is 0. The van der Waals surface area contributed by atoms with Gasteiger partial charge in [0, 0.05) is 17.4 Å². The lowest BCUT2D eigenvalue weighted by molar-refractivity contribution is 0.0537. The number of amides is 2. The quantitative estimate of drug-likeness (QED) is 0.363. The minimum atomic E-state index is -0.358. The minimum absolute atomic E-state index is 0.150. The van der Waals surface area contributed by atoms with E-state index in [4.69, 9.17) is 4.84 Å². The van der Waals surface area contributed by atoms with E-state index in [2.05, 4.69) is 26.2 Å². The molecule has 0 aliphatic carbocycles. The second-order valence-corrected chi connectivity index (χ2v) is 7.97. The standard InChI is InChI=1S/C25H26N6O3/c1-15-10-11-19(24(32)30-34-4)12-21(15)29-23-22-16(2)20(13-31(22)27-14-26-23)25(33)28-17(3)18-8-6-5-7-9-18/h5-14,17H,1-4H3,(H,28,33)(H,30,32)(H,26,27,29)/t17-/m0/s1. The SMILES string of the molecule is CONC(=O)c1ccc(C)c(Nc2ncnn3cc(C(=O)N[C@@H](C)c4ccccc4)c(C)c23)c1. The molecule has 0 aliphatic rings. The van der Waals surface area contributed by atoms with Crippen LogP contribution in [0, 0.1) is 13.8 Å². The molecule has 3 N–H and O–H groups in total. The summed E-state index contributed by atoms with van der Waals surface area (Å²) in [6, 6.07) is 14.9. The molecule has 34 heavy (non-hydrogen) atoms. The largest absolute Gasteiger partial charge is 0.345 e. The molecular formula is C25H26N6O3. The van der Waals surface area contributed by atoms with Gasteiger partial charge in [-0.3, -0.25) is 14.4 Å². The summed E-state index contributed by atoms with van der Waals surface area (Å²) in [5.41, 5.74) is 7.31. The highest BCUT2D eigenvalue weighted by Gasteiger charge is 2.20. The highest BCUT2D eigenvalue weighted by Crippen LogP contribution is 2.28. The maximum absolute atomic E-state index is 13.1. The Bertz CT molecular complexity index is 1350. The number of nitrogens with zero attached hydrogens (tertiary/aromatic N) is 3. The number of benzene rings is 2. The molecule has 2 aromatic carbocycles. The average molecular weight is 459 g/mol. The first-order valence-electron chi connectivity index (χ1n) is 10.8. The van der Waals surface area contributed by atoms with E-state index in [1.807, 2.05) is 57.2 Å². The van der Waals surface area contributed by atoms with E-state index in [9.17, 15) is 9.59 Å². The summed E-state index contributed by atoms with van der Waals surface area (Å²) in [6.07, 6.45) is 3.11. The average Bonchev–Trinajstić information content (AvgIpc) is 3.18. The lowest BCUT2D eigenvalue weighted by atomic mass is 10.1. The van der Waals surface area contributed by atoms with Crippen molar-refractivity contribution in [3.05, 3.63) is 88.9 Å². The predicted octanol–water partition coefficient (Wildman–Crippen LogP) is 3.87. The Morgan fingerprint density at radius 1 is 1.06 bits per heavy atom. The summed E-state index contributed by atoms with van der Waals surface area (Å²) in [5, 5.41) is 10.6. The molecule has 0 saturated carbocycles. The van der Waals surface area contributed by atoms with Gasteiger partial charge < -0.3 is 10.6 Å². The van der Waals surface area contributed by atoms with Crippen LogP contribution in [0.3, 0.4) is 0 Å². The third-order valence-corrected chi connectivity index (χ3v) is 5.67. The van der Waals surface area contributed by atoms with Crippen LogP contribution in [0.5, 0.6) is 0 Å². The molecule has 0 bridgehead atoms. The number of fused-ring (bicyclic) bond motifs is 1. The van der Waals surface area contributed by atoms with Crippen LogP contribution in [0.4, 0.5) is 11.5 Å². The molecule has 0 unspecified atom stereocenters. The second-order valence-electron chi connectivity index (χ2n) is 7.97. The topological polar surface area (TPSA) is 110 Å². The van der Waals surface area contributed by atoms with Gasteiger partial charge in [-0.2, -0.15) is 5.10 Å². The monoisotopic (exact) mass is 458 g/mol. The first-order valence-corrected chi connectivity index (χ1v) is 10.8. The number of aryl methyl sites for hydroxylation is 2. The predicted molar refractivity (Wildman–Crippen MR) is 129 cm³/mol. The summed E-state index contributed by atoms with van der Waals surface area (Å²) in [5.74, 6) is -0.0291. The van der Waals surface area contributed by atoms with Crippen LogP contribution < -0.4 is 16.1 Å². The van der Waals surface area contributed by atoms with Crippen LogP contribution in [0.15, 0.2) is 61.1 Å². The second kappa shape index (κ2) is 9.72. The van der Waals surface area contributed by atoms with Crippen LogP contribution in [0.25, 0.3) is 5.52 Å². The fourth-order valence-electron chi connectivity index (χ4n) is 3.76. The van der Waals surface area contributed by atoms with E-state index in [1.165, 1.54) is 13.4 Å². The van der Waals surface area contributed by atoms with Crippen molar-refractivity contribution in [1.82, 2.24) is 25.4 Å². The Morgan fingerprint density at radius 3 is 2.56 bits per heavy atom. The number of anilines is 2. The van der Waals surface area contributed by atoms with Gasteiger partial charge in [-0.05, 0) is 49.6 Å². The van der Waals surface area contributed by atoms with Crippen LogP contribution in [-0.4, -0.2) is 33.5 Å². The fraction of sp³-hybridized carbons (Fsp3) is 0.200. The molecule has 0 fully saturated rings. The van der Waals surface area contributed by atoms with Crippen LogP contribution in [-0.2, 0) is 4.84 Å². The van der Waals surface area contributed by atoms with E-state index in [0.29, 0.717) is 28.1 Å². The third-order valence-electron chi connectivity index (χ3n) is 5.67. The molecule has 4 rings (SSSR count). The minimum Gasteiger partial charge on any atom is -0.345 e.